The first kappa shape index (κ1) is 18.2. The Kier molecular flexibility index (Phi) is 8.76. The van der Waals surface area contributed by atoms with Crippen LogP contribution >= 0.6 is 12.4 Å². The van der Waals surface area contributed by atoms with Crippen LogP contribution in [-0.2, 0) is 9.59 Å². The van der Waals surface area contributed by atoms with E-state index in [2.05, 4.69) is 24.5 Å². The molecule has 0 radical (unpaired) electrons. The van der Waals surface area contributed by atoms with E-state index in [4.69, 9.17) is 5.11 Å². The molecule has 1 heterocycles. The zero-order valence-corrected chi connectivity index (χ0v) is 12.5. The third-order valence-corrected chi connectivity index (χ3v) is 3.26. The summed E-state index contributed by atoms with van der Waals surface area (Å²) in [5, 5.41) is 14.9. The molecular weight excluding hydrogens is 268 g/mol. The standard InChI is InChI=1S/C13H24N2O3.ClH/c1-9(2)5-10(6-12(16)17)7-15-13(18)11-3-4-14-8-11;/h9-11,14H,3-8H2,1-2H3,(H,15,18)(H,16,17);1H. The van der Waals surface area contributed by atoms with Crippen molar-refractivity contribution in [1.29, 1.82) is 0 Å². The van der Waals surface area contributed by atoms with Crippen molar-refractivity contribution in [3.8, 4) is 0 Å². The van der Waals surface area contributed by atoms with E-state index in [-0.39, 0.29) is 36.6 Å². The Morgan fingerprint density at radius 3 is 2.58 bits per heavy atom. The fraction of sp³-hybridized carbons (Fsp3) is 0.846. The number of hydrogen-bond donors (Lipinski definition) is 3. The van der Waals surface area contributed by atoms with Gasteiger partial charge in [-0.2, -0.15) is 0 Å². The lowest BCUT2D eigenvalue weighted by atomic mass is 9.94. The molecule has 0 aromatic heterocycles. The number of carbonyl (C=O) groups excluding carboxylic acids is 1. The normalized spacial score (nSPS) is 19.8. The molecule has 6 heteroatoms. The van der Waals surface area contributed by atoms with Gasteiger partial charge in [-0.3, -0.25) is 9.59 Å². The summed E-state index contributed by atoms with van der Waals surface area (Å²) in [7, 11) is 0. The van der Waals surface area contributed by atoms with Crippen LogP contribution in [0.3, 0.4) is 0 Å². The predicted molar refractivity (Wildman–Crippen MR) is 76.4 cm³/mol. The second kappa shape index (κ2) is 9.15. The smallest absolute Gasteiger partial charge is 0.303 e. The van der Waals surface area contributed by atoms with Gasteiger partial charge in [0.2, 0.25) is 5.91 Å². The van der Waals surface area contributed by atoms with E-state index in [0.717, 1.165) is 25.9 Å². The zero-order chi connectivity index (χ0) is 13.5. The zero-order valence-electron chi connectivity index (χ0n) is 11.6. The van der Waals surface area contributed by atoms with E-state index < -0.39 is 5.97 Å². The highest BCUT2D eigenvalue weighted by atomic mass is 35.5. The highest BCUT2D eigenvalue weighted by molar-refractivity contribution is 5.85. The molecule has 1 aliphatic rings. The molecule has 0 bridgehead atoms. The lowest BCUT2D eigenvalue weighted by Crippen LogP contribution is -2.36. The van der Waals surface area contributed by atoms with E-state index in [1.54, 1.807) is 0 Å². The van der Waals surface area contributed by atoms with Crippen molar-refractivity contribution in [2.75, 3.05) is 19.6 Å². The van der Waals surface area contributed by atoms with E-state index in [0.29, 0.717) is 12.5 Å². The van der Waals surface area contributed by atoms with Gasteiger partial charge in [0.1, 0.15) is 0 Å². The summed E-state index contributed by atoms with van der Waals surface area (Å²) in [6.45, 7) is 6.23. The molecule has 112 valence electrons. The number of aliphatic carboxylic acids is 1. The molecular formula is C13H25ClN2O3. The van der Waals surface area contributed by atoms with Gasteiger partial charge in [0.25, 0.3) is 0 Å². The predicted octanol–water partition coefficient (Wildman–Crippen LogP) is 1.27. The molecule has 5 nitrogen and oxygen atoms in total. The fourth-order valence-corrected chi connectivity index (χ4v) is 2.42. The lowest BCUT2D eigenvalue weighted by molar-refractivity contribution is -0.138. The van der Waals surface area contributed by atoms with Crippen molar-refractivity contribution in [1.82, 2.24) is 10.6 Å². The van der Waals surface area contributed by atoms with Crippen molar-refractivity contribution in [2.45, 2.75) is 33.1 Å². The average Bonchev–Trinajstić information content (AvgIpc) is 2.77. The van der Waals surface area contributed by atoms with Gasteiger partial charge in [0, 0.05) is 19.5 Å². The van der Waals surface area contributed by atoms with Crippen LogP contribution in [0.2, 0.25) is 0 Å². The summed E-state index contributed by atoms with van der Waals surface area (Å²) < 4.78 is 0. The summed E-state index contributed by atoms with van der Waals surface area (Å²) in [4.78, 5) is 22.6. The van der Waals surface area contributed by atoms with Gasteiger partial charge in [0.05, 0.1) is 5.92 Å². The Labute approximate surface area is 120 Å². The van der Waals surface area contributed by atoms with Crippen LogP contribution in [0, 0.1) is 17.8 Å². The van der Waals surface area contributed by atoms with Gasteiger partial charge in [-0.1, -0.05) is 13.8 Å². The summed E-state index contributed by atoms with van der Waals surface area (Å²) in [5.41, 5.74) is 0. The quantitative estimate of drug-likeness (QED) is 0.660. The number of rotatable bonds is 7. The van der Waals surface area contributed by atoms with Gasteiger partial charge >= 0.3 is 5.97 Å². The molecule has 3 N–H and O–H groups in total. The van der Waals surface area contributed by atoms with Crippen LogP contribution in [0.25, 0.3) is 0 Å². The minimum absolute atomic E-state index is 0. The van der Waals surface area contributed by atoms with E-state index in [9.17, 15) is 9.59 Å². The molecule has 19 heavy (non-hydrogen) atoms. The summed E-state index contributed by atoms with van der Waals surface area (Å²) >= 11 is 0. The largest absolute Gasteiger partial charge is 0.481 e. The van der Waals surface area contributed by atoms with Crippen LogP contribution in [0.15, 0.2) is 0 Å². The highest BCUT2D eigenvalue weighted by Gasteiger charge is 2.23. The first-order valence-corrected chi connectivity index (χ1v) is 6.69. The number of amides is 1. The molecule has 0 spiro atoms. The minimum Gasteiger partial charge on any atom is -0.481 e. The number of carboxylic acids is 1. The van der Waals surface area contributed by atoms with E-state index >= 15 is 0 Å². The lowest BCUT2D eigenvalue weighted by Gasteiger charge is -2.19. The Hall–Kier alpha value is -0.810. The Bertz CT molecular complexity index is 292. The Morgan fingerprint density at radius 1 is 1.42 bits per heavy atom. The maximum Gasteiger partial charge on any atom is 0.303 e. The van der Waals surface area contributed by atoms with Crippen molar-refractivity contribution >= 4 is 24.3 Å². The van der Waals surface area contributed by atoms with Gasteiger partial charge in [-0.05, 0) is 31.2 Å². The first-order valence-electron chi connectivity index (χ1n) is 6.69. The Morgan fingerprint density at radius 2 is 2.11 bits per heavy atom. The second-order valence-electron chi connectivity index (χ2n) is 5.53. The maximum absolute atomic E-state index is 11.8. The first-order chi connectivity index (χ1) is 8.49. The van der Waals surface area contributed by atoms with Gasteiger partial charge in [0.15, 0.2) is 0 Å². The van der Waals surface area contributed by atoms with Gasteiger partial charge < -0.3 is 15.7 Å². The highest BCUT2D eigenvalue weighted by Crippen LogP contribution is 2.15. The van der Waals surface area contributed by atoms with Gasteiger partial charge in [-0.25, -0.2) is 0 Å². The number of hydrogen-bond acceptors (Lipinski definition) is 3. The second-order valence-corrected chi connectivity index (χ2v) is 5.53. The molecule has 0 aromatic carbocycles. The molecule has 1 rings (SSSR count). The molecule has 0 saturated carbocycles. The van der Waals surface area contributed by atoms with Crippen LogP contribution in [0.4, 0.5) is 0 Å². The topological polar surface area (TPSA) is 78.4 Å². The van der Waals surface area contributed by atoms with E-state index in [1.807, 2.05) is 0 Å². The van der Waals surface area contributed by atoms with Crippen molar-refractivity contribution in [3.63, 3.8) is 0 Å². The molecule has 2 atom stereocenters. The molecule has 1 aliphatic heterocycles. The van der Waals surface area contributed by atoms with Crippen LogP contribution < -0.4 is 10.6 Å². The fourth-order valence-electron chi connectivity index (χ4n) is 2.42. The summed E-state index contributed by atoms with van der Waals surface area (Å²) in [6, 6.07) is 0. The Balaban J connectivity index is 0.00000324. The van der Waals surface area contributed by atoms with Gasteiger partial charge in [-0.15, -0.1) is 12.4 Å². The maximum atomic E-state index is 11.8. The number of nitrogens with one attached hydrogen (secondary N) is 2. The molecule has 1 saturated heterocycles. The van der Waals surface area contributed by atoms with Crippen molar-refractivity contribution in [3.05, 3.63) is 0 Å². The molecule has 1 amide bonds. The number of halogens is 1. The number of carboxylic acid groups (broad SMARTS) is 1. The third kappa shape index (κ3) is 7.38. The number of carbonyl (C=O) groups is 2. The van der Waals surface area contributed by atoms with Crippen molar-refractivity contribution in [2.24, 2.45) is 17.8 Å². The monoisotopic (exact) mass is 292 g/mol. The molecule has 0 aliphatic carbocycles. The van der Waals surface area contributed by atoms with Crippen LogP contribution in [0.1, 0.15) is 33.1 Å². The van der Waals surface area contributed by atoms with Crippen LogP contribution in [-0.4, -0.2) is 36.6 Å². The van der Waals surface area contributed by atoms with Crippen molar-refractivity contribution < 1.29 is 14.7 Å². The molecule has 0 aromatic rings. The molecule has 1 fully saturated rings. The SMILES string of the molecule is CC(C)CC(CNC(=O)C1CCNC1)CC(=O)O.Cl. The summed E-state index contributed by atoms with van der Waals surface area (Å²) in [6.07, 6.45) is 1.83. The third-order valence-electron chi connectivity index (χ3n) is 3.26. The summed E-state index contributed by atoms with van der Waals surface area (Å²) in [5.74, 6) is -0.216. The van der Waals surface area contributed by atoms with E-state index in [1.165, 1.54) is 0 Å². The minimum atomic E-state index is -0.794. The average molecular weight is 293 g/mol. The molecule has 2 unspecified atom stereocenters. The van der Waals surface area contributed by atoms with Crippen LogP contribution in [0.5, 0.6) is 0 Å².